The second-order valence-corrected chi connectivity index (χ2v) is 9.08. The summed E-state index contributed by atoms with van der Waals surface area (Å²) < 4.78 is 8.96. The smallest absolute Gasteiger partial charge is 0.258 e. The van der Waals surface area contributed by atoms with Crippen LogP contribution in [0.25, 0.3) is 20.9 Å². The second kappa shape index (κ2) is 8.73. The van der Waals surface area contributed by atoms with Crippen molar-refractivity contribution in [1.29, 1.82) is 0 Å². The maximum absolute atomic E-state index is 12.4. The largest absolute Gasteiger partial charge is 0.494 e. The Kier molecular flexibility index (Phi) is 5.66. The number of nitrogens with one attached hydrogen (secondary N) is 1. The monoisotopic (exact) mass is 433 g/mol. The van der Waals surface area contributed by atoms with E-state index in [1.165, 1.54) is 15.8 Å². The molecule has 1 aliphatic heterocycles. The van der Waals surface area contributed by atoms with Crippen molar-refractivity contribution in [2.45, 2.75) is 18.9 Å². The molecule has 0 bridgehead atoms. The van der Waals surface area contributed by atoms with Crippen LogP contribution in [0.5, 0.6) is 5.75 Å². The van der Waals surface area contributed by atoms with Crippen LogP contribution in [0.15, 0.2) is 64.9 Å². The fraction of sp³-hybridized carbons (Fsp3) is 0.320. The first-order valence-corrected chi connectivity index (χ1v) is 11.7. The van der Waals surface area contributed by atoms with Gasteiger partial charge in [-0.2, -0.15) is 0 Å². The number of benzene rings is 2. The Morgan fingerprint density at radius 3 is 3.03 bits per heavy atom. The van der Waals surface area contributed by atoms with Crippen molar-refractivity contribution in [3.05, 3.63) is 70.5 Å². The van der Waals surface area contributed by atoms with Gasteiger partial charge in [-0.05, 0) is 60.0 Å². The summed E-state index contributed by atoms with van der Waals surface area (Å²) in [6.07, 6.45) is 3.82. The first-order chi connectivity index (χ1) is 15.2. The number of hydrogen-bond acceptors (Lipinski definition) is 5. The molecule has 1 aliphatic rings. The predicted octanol–water partition coefficient (Wildman–Crippen LogP) is 4.39. The lowest BCUT2D eigenvalue weighted by atomic mass is 10.1. The van der Waals surface area contributed by atoms with Gasteiger partial charge in [0.1, 0.15) is 5.75 Å². The summed E-state index contributed by atoms with van der Waals surface area (Å²) >= 11 is 1.80. The molecule has 1 N–H and O–H groups in total. The fourth-order valence-electron chi connectivity index (χ4n) is 4.48. The zero-order valence-electron chi connectivity index (χ0n) is 17.7. The molecule has 4 aromatic rings. The van der Waals surface area contributed by atoms with Crippen LogP contribution in [0.2, 0.25) is 0 Å². The average molecular weight is 434 g/mol. The van der Waals surface area contributed by atoms with E-state index in [2.05, 4.69) is 39.9 Å². The lowest BCUT2D eigenvalue weighted by Crippen LogP contribution is -2.51. The minimum Gasteiger partial charge on any atom is -0.494 e. The van der Waals surface area contributed by atoms with Gasteiger partial charge in [-0.25, -0.2) is 0 Å². The zero-order chi connectivity index (χ0) is 21.2. The molecular formula is C25H27N3O2S. The van der Waals surface area contributed by atoms with Gasteiger partial charge in [0.2, 0.25) is 0 Å². The molecule has 0 spiro atoms. The Morgan fingerprint density at radius 1 is 1.16 bits per heavy atom. The first-order valence-electron chi connectivity index (χ1n) is 10.9. The van der Waals surface area contributed by atoms with E-state index in [1.807, 2.05) is 24.3 Å². The summed E-state index contributed by atoms with van der Waals surface area (Å²) in [6.45, 7) is 3.67. The van der Waals surface area contributed by atoms with E-state index in [1.54, 1.807) is 29.1 Å². The van der Waals surface area contributed by atoms with Crippen LogP contribution < -0.4 is 20.5 Å². The molecule has 31 heavy (non-hydrogen) atoms. The minimum absolute atomic E-state index is 0.00878. The van der Waals surface area contributed by atoms with Crippen molar-refractivity contribution in [3.63, 3.8) is 0 Å². The van der Waals surface area contributed by atoms with Gasteiger partial charge in [0, 0.05) is 54.7 Å². The molecule has 6 heteroatoms. The van der Waals surface area contributed by atoms with Crippen LogP contribution in [0.4, 0.5) is 5.69 Å². The molecule has 0 radical (unpaired) electrons. The maximum Gasteiger partial charge on any atom is 0.258 e. The number of aromatic nitrogens is 1. The predicted molar refractivity (Wildman–Crippen MR) is 130 cm³/mol. The first kappa shape index (κ1) is 20.1. The SMILES string of the molecule is Cn1ccc2ccc(OCCCC3CNCCN3c3cccc4sccc34)cc2c1=O. The van der Waals surface area contributed by atoms with E-state index in [-0.39, 0.29) is 5.56 Å². The number of pyridine rings is 1. The second-order valence-electron chi connectivity index (χ2n) is 8.13. The lowest BCUT2D eigenvalue weighted by Gasteiger charge is -2.38. The fourth-order valence-corrected chi connectivity index (χ4v) is 5.29. The summed E-state index contributed by atoms with van der Waals surface area (Å²) in [5.74, 6) is 0.762. The van der Waals surface area contributed by atoms with E-state index in [9.17, 15) is 4.79 Å². The Bertz CT molecular complexity index is 1260. The van der Waals surface area contributed by atoms with Gasteiger partial charge < -0.3 is 19.5 Å². The molecule has 1 unspecified atom stereocenters. The molecule has 5 rings (SSSR count). The quantitative estimate of drug-likeness (QED) is 0.458. The normalized spacial score (nSPS) is 16.8. The molecule has 1 saturated heterocycles. The Morgan fingerprint density at radius 2 is 2.10 bits per heavy atom. The van der Waals surface area contributed by atoms with E-state index >= 15 is 0 Å². The highest BCUT2D eigenvalue weighted by Crippen LogP contribution is 2.32. The molecule has 2 aromatic heterocycles. The lowest BCUT2D eigenvalue weighted by molar-refractivity contribution is 0.296. The molecule has 5 nitrogen and oxygen atoms in total. The Balaban J connectivity index is 1.24. The van der Waals surface area contributed by atoms with Crippen LogP contribution in [-0.4, -0.2) is 36.9 Å². The minimum atomic E-state index is 0.00878. The number of nitrogens with zero attached hydrogens (tertiary/aromatic N) is 2. The van der Waals surface area contributed by atoms with Crippen molar-refractivity contribution in [2.24, 2.45) is 7.05 Å². The third-order valence-corrected chi connectivity index (χ3v) is 7.02. The van der Waals surface area contributed by atoms with E-state index in [4.69, 9.17) is 4.74 Å². The molecule has 2 aromatic carbocycles. The summed E-state index contributed by atoms with van der Waals surface area (Å²) in [5.41, 5.74) is 1.35. The highest BCUT2D eigenvalue weighted by molar-refractivity contribution is 7.17. The maximum atomic E-state index is 12.4. The Labute approximate surface area is 185 Å². The summed E-state index contributed by atoms with van der Waals surface area (Å²) in [5, 5.41) is 8.73. The topological polar surface area (TPSA) is 46.5 Å². The van der Waals surface area contributed by atoms with Gasteiger partial charge >= 0.3 is 0 Å². The number of thiophene rings is 1. The van der Waals surface area contributed by atoms with Crippen LogP contribution in [0.3, 0.4) is 0 Å². The molecule has 1 atom stereocenters. The van der Waals surface area contributed by atoms with E-state index < -0.39 is 0 Å². The molecule has 3 heterocycles. The van der Waals surface area contributed by atoms with Crippen molar-refractivity contribution >= 4 is 37.9 Å². The third kappa shape index (κ3) is 4.05. The number of hydrogen-bond donors (Lipinski definition) is 1. The molecule has 1 fully saturated rings. The number of aryl methyl sites for hydroxylation is 1. The van der Waals surface area contributed by atoms with E-state index in [0.717, 1.165) is 43.6 Å². The van der Waals surface area contributed by atoms with Crippen LogP contribution in [0, 0.1) is 0 Å². The van der Waals surface area contributed by atoms with Crippen molar-refractivity contribution < 1.29 is 4.74 Å². The highest BCUT2D eigenvalue weighted by Gasteiger charge is 2.23. The number of rotatable bonds is 6. The van der Waals surface area contributed by atoms with Gasteiger partial charge in [0.15, 0.2) is 0 Å². The van der Waals surface area contributed by atoms with E-state index in [0.29, 0.717) is 18.0 Å². The summed E-state index contributed by atoms with van der Waals surface area (Å²) in [6, 6.07) is 17.0. The standard InChI is InChI=1S/C25H27N3O2S/c1-27-12-9-18-7-8-20(16-22(18)25(27)29)30-14-3-4-19-17-26-11-13-28(19)23-5-2-6-24-21(23)10-15-31-24/h2,5-10,12,15-16,19,26H,3-4,11,13-14,17H2,1H3. The number of anilines is 1. The van der Waals surface area contributed by atoms with Crippen LogP contribution in [0.1, 0.15) is 12.8 Å². The summed E-state index contributed by atoms with van der Waals surface area (Å²) in [4.78, 5) is 14.9. The van der Waals surface area contributed by atoms with Gasteiger partial charge in [0.05, 0.1) is 12.0 Å². The van der Waals surface area contributed by atoms with Crippen molar-refractivity contribution in [1.82, 2.24) is 9.88 Å². The molecular weight excluding hydrogens is 406 g/mol. The highest BCUT2D eigenvalue weighted by atomic mass is 32.1. The zero-order valence-corrected chi connectivity index (χ0v) is 18.5. The van der Waals surface area contributed by atoms with Gasteiger partial charge in [-0.15, -0.1) is 11.3 Å². The number of ether oxygens (including phenoxy) is 1. The van der Waals surface area contributed by atoms with Gasteiger partial charge in [0.25, 0.3) is 5.56 Å². The third-order valence-electron chi connectivity index (χ3n) is 6.14. The number of fused-ring (bicyclic) bond motifs is 2. The number of piperazine rings is 1. The van der Waals surface area contributed by atoms with Crippen molar-refractivity contribution in [3.8, 4) is 5.75 Å². The van der Waals surface area contributed by atoms with Gasteiger partial charge in [-0.1, -0.05) is 12.1 Å². The molecule has 0 saturated carbocycles. The molecule has 0 aliphatic carbocycles. The van der Waals surface area contributed by atoms with Crippen molar-refractivity contribution in [2.75, 3.05) is 31.1 Å². The summed E-state index contributed by atoms with van der Waals surface area (Å²) in [7, 11) is 1.77. The average Bonchev–Trinajstić information content (AvgIpc) is 3.29. The van der Waals surface area contributed by atoms with Gasteiger partial charge in [-0.3, -0.25) is 4.79 Å². The van der Waals surface area contributed by atoms with Crippen LogP contribution in [-0.2, 0) is 7.05 Å². The van der Waals surface area contributed by atoms with Crippen LogP contribution >= 0.6 is 11.3 Å². The molecule has 0 amide bonds. The Hall–Kier alpha value is -2.83. The molecule has 160 valence electrons.